The van der Waals surface area contributed by atoms with Gasteiger partial charge in [-0.05, 0) is 54.2 Å². The van der Waals surface area contributed by atoms with E-state index in [1.165, 1.54) is 37.7 Å². The lowest BCUT2D eigenvalue weighted by Gasteiger charge is -2.35. The Bertz CT molecular complexity index is 814. The first kappa shape index (κ1) is 20.1. The minimum Gasteiger partial charge on any atom is -0.368 e. The molecule has 4 heteroatoms. The molecule has 0 aliphatic carbocycles. The van der Waals surface area contributed by atoms with Gasteiger partial charge >= 0.3 is 0 Å². The number of hydrogen-bond acceptors (Lipinski definition) is 2. The SMILES string of the molecule is CCCCCCCc1ccc(C(=O)N2CCc3c[c]ccc3C2C(N)=O)cc1. The number of rotatable bonds is 8. The van der Waals surface area contributed by atoms with Crippen LogP contribution < -0.4 is 5.73 Å². The summed E-state index contributed by atoms with van der Waals surface area (Å²) in [5, 5.41) is 0. The van der Waals surface area contributed by atoms with Gasteiger partial charge in [-0.25, -0.2) is 0 Å². The van der Waals surface area contributed by atoms with E-state index in [1.807, 2.05) is 36.4 Å². The number of primary amides is 1. The summed E-state index contributed by atoms with van der Waals surface area (Å²) in [5.41, 5.74) is 9.36. The molecular weight excluding hydrogens is 348 g/mol. The van der Waals surface area contributed by atoms with Crippen molar-refractivity contribution in [2.75, 3.05) is 6.54 Å². The Labute approximate surface area is 167 Å². The van der Waals surface area contributed by atoms with Crippen LogP contribution in [0.3, 0.4) is 0 Å². The second-order valence-electron chi connectivity index (χ2n) is 7.54. The van der Waals surface area contributed by atoms with Crippen LogP contribution in [0.4, 0.5) is 0 Å². The molecule has 1 aliphatic heterocycles. The van der Waals surface area contributed by atoms with E-state index in [4.69, 9.17) is 5.73 Å². The summed E-state index contributed by atoms with van der Waals surface area (Å²) in [4.78, 5) is 26.8. The van der Waals surface area contributed by atoms with Gasteiger partial charge in [-0.3, -0.25) is 9.59 Å². The number of unbranched alkanes of at least 4 members (excludes halogenated alkanes) is 4. The topological polar surface area (TPSA) is 63.4 Å². The van der Waals surface area contributed by atoms with Crippen molar-refractivity contribution in [3.05, 3.63) is 70.8 Å². The molecule has 147 valence electrons. The van der Waals surface area contributed by atoms with Gasteiger partial charge in [0.2, 0.25) is 5.91 Å². The van der Waals surface area contributed by atoms with Crippen LogP contribution in [0.5, 0.6) is 0 Å². The van der Waals surface area contributed by atoms with E-state index in [9.17, 15) is 9.59 Å². The largest absolute Gasteiger partial charge is 0.368 e. The summed E-state index contributed by atoms with van der Waals surface area (Å²) in [6.45, 7) is 2.70. The molecule has 1 unspecified atom stereocenters. The number of amides is 2. The van der Waals surface area contributed by atoms with Gasteiger partial charge < -0.3 is 10.6 Å². The van der Waals surface area contributed by atoms with E-state index in [0.717, 1.165) is 17.5 Å². The average molecular weight is 378 g/mol. The van der Waals surface area contributed by atoms with E-state index < -0.39 is 11.9 Å². The fourth-order valence-corrected chi connectivity index (χ4v) is 3.94. The predicted octanol–water partition coefficient (Wildman–Crippen LogP) is 4.22. The molecule has 2 N–H and O–H groups in total. The quantitative estimate of drug-likeness (QED) is 0.700. The number of nitrogens with two attached hydrogens (primary N) is 1. The molecule has 0 spiro atoms. The first-order chi connectivity index (χ1) is 13.6. The van der Waals surface area contributed by atoms with Crippen molar-refractivity contribution in [2.45, 2.75) is 57.9 Å². The van der Waals surface area contributed by atoms with Gasteiger partial charge in [0, 0.05) is 12.1 Å². The fraction of sp³-hybridized carbons (Fsp3) is 0.417. The number of benzene rings is 2. The molecule has 28 heavy (non-hydrogen) atoms. The standard InChI is InChI=1S/C24H29N2O2/c1-2-3-4-5-6-9-18-12-14-20(15-13-18)24(28)26-17-16-19-10-7-8-11-21(19)22(26)23(25)27/h8,10-15,22H,2-6,9,16-17H2,1H3,(H2,25,27). The lowest BCUT2D eigenvalue weighted by atomic mass is 9.91. The van der Waals surface area contributed by atoms with Gasteiger partial charge in [-0.1, -0.05) is 62.9 Å². The van der Waals surface area contributed by atoms with Crippen molar-refractivity contribution >= 4 is 11.8 Å². The highest BCUT2D eigenvalue weighted by Gasteiger charge is 2.34. The highest BCUT2D eigenvalue weighted by Crippen LogP contribution is 2.30. The van der Waals surface area contributed by atoms with E-state index >= 15 is 0 Å². The van der Waals surface area contributed by atoms with Crippen molar-refractivity contribution in [3.63, 3.8) is 0 Å². The number of carbonyl (C=O) groups excluding carboxylic acids is 2. The van der Waals surface area contributed by atoms with E-state index in [2.05, 4.69) is 13.0 Å². The number of aryl methyl sites for hydroxylation is 1. The summed E-state index contributed by atoms with van der Waals surface area (Å²) < 4.78 is 0. The Morgan fingerprint density at radius 2 is 1.86 bits per heavy atom. The smallest absolute Gasteiger partial charge is 0.254 e. The minimum absolute atomic E-state index is 0.142. The molecule has 1 aliphatic rings. The maximum Gasteiger partial charge on any atom is 0.254 e. The van der Waals surface area contributed by atoms with E-state index in [-0.39, 0.29) is 5.91 Å². The molecule has 0 saturated carbocycles. The second kappa shape index (κ2) is 9.54. The van der Waals surface area contributed by atoms with Crippen LogP contribution >= 0.6 is 0 Å². The monoisotopic (exact) mass is 377 g/mol. The molecule has 3 rings (SSSR count). The van der Waals surface area contributed by atoms with Crippen LogP contribution in [-0.2, 0) is 17.6 Å². The summed E-state index contributed by atoms with van der Waals surface area (Å²) in [6.07, 6.45) is 8.01. The zero-order valence-corrected chi connectivity index (χ0v) is 16.6. The summed E-state index contributed by atoms with van der Waals surface area (Å²) in [6, 6.07) is 15.6. The molecule has 1 atom stereocenters. The van der Waals surface area contributed by atoms with Crippen LogP contribution in [0, 0.1) is 6.07 Å². The third-order valence-electron chi connectivity index (χ3n) is 5.52. The Morgan fingerprint density at radius 3 is 2.57 bits per heavy atom. The zero-order chi connectivity index (χ0) is 19.9. The number of nitrogens with zero attached hydrogens (tertiary/aromatic N) is 1. The maximum absolute atomic E-state index is 13.1. The summed E-state index contributed by atoms with van der Waals surface area (Å²) >= 11 is 0. The molecule has 2 aromatic carbocycles. The Balaban J connectivity index is 1.68. The Kier molecular flexibility index (Phi) is 6.85. The first-order valence-corrected chi connectivity index (χ1v) is 10.3. The lowest BCUT2D eigenvalue weighted by Crippen LogP contribution is -2.45. The molecule has 0 fully saturated rings. The van der Waals surface area contributed by atoms with Crippen LogP contribution in [0.1, 0.15) is 72.1 Å². The lowest BCUT2D eigenvalue weighted by molar-refractivity contribution is -0.123. The fourth-order valence-electron chi connectivity index (χ4n) is 3.94. The third kappa shape index (κ3) is 4.61. The Morgan fingerprint density at radius 1 is 1.11 bits per heavy atom. The van der Waals surface area contributed by atoms with Gasteiger partial charge in [-0.2, -0.15) is 0 Å². The van der Waals surface area contributed by atoms with Crippen LogP contribution in [0.15, 0.2) is 42.5 Å². The van der Waals surface area contributed by atoms with Gasteiger partial charge in [0.15, 0.2) is 0 Å². The molecular formula is C24H29N2O2. The van der Waals surface area contributed by atoms with Crippen molar-refractivity contribution in [1.82, 2.24) is 4.90 Å². The van der Waals surface area contributed by atoms with Gasteiger partial charge in [0.25, 0.3) is 5.91 Å². The van der Waals surface area contributed by atoms with Crippen LogP contribution in [-0.4, -0.2) is 23.3 Å². The van der Waals surface area contributed by atoms with Crippen LogP contribution in [0.25, 0.3) is 0 Å². The van der Waals surface area contributed by atoms with Crippen molar-refractivity contribution in [1.29, 1.82) is 0 Å². The minimum atomic E-state index is -0.718. The van der Waals surface area contributed by atoms with Crippen molar-refractivity contribution < 1.29 is 9.59 Å². The predicted molar refractivity (Wildman–Crippen MR) is 111 cm³/mol. The van der Waals surface area contributed by atoms with Crippen LogP contribution in [0.2, 0.25) is 0 Å². The van der Waals surface area contributed by atoms with Gasteiger partial charge in [-0.15, -0.1) is 0 Å². The molecule has 2 aromatic rings. The molecule has 2 amide bonds. The van der Waals surface area contributed by atoms with E-state index in [0.29, 0.717) is 18.5 Å². The number of hydrogen-bond donors (Lipinski definition) is 1. The molecule has 4 nitrogen and oxygen atoms in total. The van der Waals surface area contributed by atoms with Crippen molar-refractivity contribution in [2.24, 2.45) is 5.73 Å². The summed E-state index contributed by atoms with van der Waals surface area (Å²) in [5.74, 6) is -0.638. The molecule has 0 bridgehead atoms. The van der Waals surface area contributed by atoms with Crippen molar-refractivity contribution in [3.8, 4) is 0 Å². The number of fused-ring (bicyclic) bond motifs is 1. The summed E-state index contributed by atoms with van der Waals surface area (Å²) in [7, 11) is 0. The van der Waals surface area contributed by atoms with E-state index in [1.54, 1.807) is 11.0 Å². The first-order valence-electron chi connectivity index (χ1n) is 10.3. The highest BCUT2D eigenvalue weighted by molar-refractivity contribution is 5.98. The molecule has 1 radical (unpaired) electrons. The molecule has 1 heterocycles. The molecule has 0 saturated heterocycles. The average Bonchev–Trinajstić information content (AvgIpc) is 2.72. The Hall–Kier alpha value is -2.62. The zero-order valence-electron chi connectivity index (χ0n) is 16.6. The normalized spacial score (nSPS) is 15.9. The highest BCUT2D eigenvalue weighted by atomic mass is 16.2. The maximum atomic E-state index is 13.1. The van der Waals surface area contributed by atoms with Gasteiger partial charge in [0.05, 0.1) is 0 Å². The molecule has 0 aromatic heterocycles. The van der Waals surface area contributed by atoms with Gasteiger partial charge in [0.1, 0.15) is 6.04 Å². The number of carbonyl (C=O) groups is 2. The third-order valence-corrected chi connectivity index (χ3v) is 5.52. The second-order valence-corrected chi connectivity index (χ2v) is 7.54.